The van der Waals surface area contributed by atoms with Gasteiger partial charge in [0.05, 0.1) is 7.11 Å². The fourth-order valence-corrected chi connectivity index (χ4v) is 3.21. The van der Waals surface area contributed by atoms with Crippen molar-refractivity contribution in [2.75, 3.05) is 26.9 Å². The summed E-state index contributed by atoms with van der Waals surface area (Å²) < 4.78 is 11.1. The fourth-order valence-electron chi connectivity index (χ4n) is 3.21. The topological polar surface area (TPSA) is 30.5 Å². The van der Waals surface area contributed by atoms with Gasteiger partial charge < -0.3 is 14.8 Å². The lowest BCUT2D eigenvalue weighted by molar-refractivity contribution is 0.181. The van der Waals surface area contributed by atoms with Crippen molar-refractivity contribution in [2.45, 2.75) is 39.7 Å². The lowest BCUT2D eigenvalue weighted by Crippen LogP contribution is -2.25. The number of aryl methyl sites for hydroxylation is 2. The van der Waals surface area contributed by atoms with Gasteiger partial charge in [-0.3, -0.25) is 0 Å². The van der Waals surface area contributed by atoms with Gasteiger partial charge in [-0.05, 0) is 56.3 Å². The first-order valence-electron chi connectivity index (χ1n) is 7.62. The first kappa shape index (κ1) is 15.3. The van der Waals surface area contributed by atoms with Crippen LogP contribution in [0.1, 0.15) is 42.5 Å². The second-order valence-electron chi connectivity index (χ2n) is 5.77. The molecule has 3 nitrogen and oxygen atoms in total. The van der Waals surface area contributed by atoms with E-state index in [2.05, 4.69) is 38.2 Å². The van der Waals surface area contributed by atoms with Gasteiger partial charge in [0, 0.05) is 24.8 Å². The van der Waals surface area contributed by atoms with Crippen molar-refractivity contribution in [3.8, 4) is 5.75 Å². The van der Waals surface area contributed by atoms with E-state index < -0.39 is 0 Å². The van der Waals surface area contributed by atoms with Crippen LogP contribution in [0.4, 0.5) is 0 Å². The molecule has 1 N–H and O–H groups in total. The average molecular weight is 277 g/mol. The van der Waals surface area contributed by atoms with Crippen LogP contribution < -0.4 is 10.1 Å². The highest BCUT2D eigenvalue weighted by atomic mass is 16.5. The third-order valence-electron chi connectivity index (χ3n) is 4.11. The normalized spacial score (nSPS) is 20.1. The van der Waals surface area contributed by atoms with Gasteiger partial charge >= 0.3 is 0 Å². The fraction of sp³-hybridized carbons (Fsp3) is 0.647. The third kappa shape index (κ3) is 3.53. The second-order valence-corrected chi connectivity index (χ2v) is 5.77. The molecule has 2 unspecified atom stereocenters. The van der Waals surface area contributed by atoms with E-state index in [1.54, 1.807) is 7.11 Å². The molecule has 0 spiro atoms. The molecule has 0 aromatic heterocycles. The highest BCUT2D eigenvalue weighted by molar-refractivity contribution is 5.45. The van der Waals surface area contributed by atoms with Crippen LogP contribution in [0.3, 0.4) is 0 Å². The molecular formula is C17H27NO2. The van der Waals surface area contributed by atoms with E-state index in [4.69, 9.17) is 9.47 Å². The van der Waals surface area contributed by atoms with Crippen LogP contribution in [0.15, 0.2) is 12.1 Å². The SMILES string of the molecule is CCNC(CC1CCOC1)c1c(C)cc(C)cc1OC. The predicted molar refractivity (Wildman–Crippen MR) is 82.4 cm³/mol. The van der Waals surface area contributed by atoms with E-state index in [0.717, 1.165) is 31.9 Å². The molecule has 112 valence electrons. The Bertz CT molecular complexity index is 439. The molecule has 1 saturated heterocycles. The minimum absolute atomic E-state index is 0.349. The molecule has 0 saturated carbocycles. The molecule has 1 aliphatic heterocycles. The van der Waals surface area contributed by atoms with Crippen LogP contribution in [0, 0.1) is 19.8 Å². The number of hydrogen-bond donors (Lipinski definition) is 1. The van der Waals surface area contributed by atoms with E-state index in [1.807, 2.05) is 0 Å². The highest BCUT2D eigenvalue weighted by Crippen LogP contribution is 2.35. The molecule has 2 rings (SSSR count). The lowest BCUT2D eigenvalue weighted by Gasteiger charge is -2.25. The zero-order valence-corrected chi connectivity index (χ0v) is 13.2. The molecule has 20 heavy (non-hydrogen) atoms. The zero-order chi connectivity index (χ0) is 14.5. The van der Waals surface area contributed by atoms with Crippen LogP contribution in [0.2, 0.25) is 0 Å². The predicted octanol–water partition coefficient (Wildman–Crippen LogP) is 3.39. The lowest BCUT2D eigenvalue weighted by atomic mass is 9.90. The Morgan fingerprint density at radius 1 is 1.40 bits per heavy atom. The zero-order valence-electron chi connectivity index (χ0n) is 13.2. The van der Waals surface area contributed by atoms with E-state index >= 15 is 0 Å². The molecule has 1 aromatic carbocycles. The molecule has 0 amide bonds. The van der Waals surface area contributed by atoms with Crippen molar-refractivity contribution in [3.05, 3.63) is 28.8 Å². The Labute approximate surface area is 122 Å². The molecule has 1 heterocycles. The summed E-state index contributed by atoms with van der Waals surface area (Å²) in [7, 11) is 1.76. The molecule has 0 bridgehead atoms. The van der Waals surface area contributed by atoms with Gasteiger partial charge in [-0.1, -0.05) is 13.0 Å². The largest absolute Gasteiger partial charge is 0.496 e. The number of hydrogen-bond acceptors (Lipinski definition) is 3. The summed E-state index contributed by atoms with van der Waals surface area (Å²) in [6, 6.07) is 4.73. The molecule has 0 radical (unpaired) electrons. The van der Waals surface area contributed by atoms with Gasteiger partial charge in [0.1, 0.15) is 5.75 Å². The van der Waals surface area contributed by atoms with Crippen LogP contribution in [-0.4, -0.2) is 26.9 Å². The Hall–Kier alpha value is -1.06. The summed E-state index contributed by atoms with van der Waals surface area (Å²) in [5, 5.41) is 3.63. The number of ether oxygens (including phenoxy) is 2. The average Bonchev–Trinajstić information content (AvgIpc) is 2.90. The standard InChI is InChI=1S/C17H27NO2/c1-5-18-15(10-14-6-7-20-11-14)17-13(3)8-12(2)9-16(17)19-4/h8-9,14-15,18H,5-7,10-11H2,1-4H3. The maximum absolute atomic E-state index is 5.63. The third-order valence-corrected chi connectivity index (χ3v) is 4.11. The van der Waals surface area contributed by atoms with E-state index in [-0.39, 0.29) is 0 Å². The molecule has 2 atom stereocenters. The Morgan fingerprint density at radius 3 is 2.80 bits per heavy atom. The van der Waals surface area contributed by atoms with Gasteiger partial charge in [-0.2, -0.15) is 0 Å². The minimum atomic E-state index is 0.349. The van der Waals surface area contributed by atoms with Crippen molar-refractivity contribution in [2.24, 2.45) is 5.92 Å². The summed E-state index contributed by atoms with van der Waals surface area (Å²) >= 11 is 0. The van der Waals surface area contributed by atoms with Crippen molar-refractivity contribution < 1.29 is 9.47 Å². The minimum Gasteiger partial charge on any atom is -0.496 e. The van der Waals surface area contributed by atoms with Gasteiger partial charge in [-0.25, -0.2) is 0 Å². The Kier molecular flexibility index (Phi) is 5.44. The molecule has 0 aliphatic carbocycles. The summed E-state index contributed by atoms with van der Waals surface area (Å²) in [6.45, 7) is 9.23. The first-order valence-corrected chi connectivity index (χ1v) is 7.62. The molecule has 1 aliphatic rings. The molecule has 1 fully saturated rings. The quantitative estimate of drug-likeness (QED) is 0.864. The van der Waals surface area contributed by atoms with Crippen molar-refractivity contribution in [3.63, 3.8) is 0 Å². The van der Waals surface area contributed by atoms with Crippen molar-refractivity contribution >= 4 is 0 Å². The monoisotopic (exact) mass is 277 g/mol. The van der Waals surface area contributed by atoms with E-state index in [1.165, 1.54) is 23.1 Å². The summed E-state index contributed by atoms with van der Waals surface area (Å²) in [6.07, 6.45) is 2.29. The second kappa shape index (κ2) is 7.09. The van der Waals surface area contributed by atoms with Crippen molar-refractivity contribution in [1.29, 1.82) is 0 Å². The maximum atomic E-state index is 5.63. The smallest absolute Gasteiger partial charge is 0.124 e. The van der Waals surface area contributed by atoms with Crippen LogP contribution >= 0.6 is 0 Å². The van der Waals surface area contributed by atoms with E-state index in [0.29, 0.717) is 12.0 Å². The summed E-state index contributed by atoms with van der Waals surface area (Å²) in [4.78, 5) is 0. The molecular weight excluding hydrogens is 250 g/mol. The molecule has 1 aromatic rings. The number of nitrogens with one attached hydrogen (secondary N) is 1. The Morgan fingerprint density at radius 2 is 2.20 bits per heavy atom. The van der Waals surface area contributed by atoms with Gasteiger partial charge in [0.2, 0.25) is 0 Å². The van der Waals surface area contributed by atoms with Crippen LogP contribution in [0.25, 0.3) is 0 Å². The first-order chi connectivity index (χ1) is 9.65. The highest BCUT2D eigenvalue weighted by Gasteiger charge is 2.24. The maximum Gasteiger partial charge on any atom is 0.124 e. The van der Waals surface area contributed by atoms with E-state index in [9.17, 15) is 0 Å². The van der Waals surface area contributed by atoms with Gasteiger partial charge in [-0.15, -0.1) is 0 Å². The number of benzene rings is 1. The van der Waals surface area contributed by atoms with Crippen molar-refractivity contribution in [1.82, 2.24) is 5.32 Å². The summed E-state index contributed by atoms with van der Waals surface area (Å²) in [5.41, 5.74) is 3.88. The van der Waals surface area contributed by atoms with Crippen LogP contribution in [-0.2, 0) is 4.74 Å². The number of rotatable bonds is 6. The Balaban J connectivity index is 2.27. The number of methoxy groups -OCH3 is 1. The van der Waals surface area contributed by atoms with Gasteiger partial charge in [0.15, 0.2) is 0 Å². The molecule has 3 heteroatoms. The summed E-state index contributed by atoms with van der Waals surface area (Å²) in [5.74, 6) is 1.66. The van der Waals surface area contributed by atoms with Gasteiger partial charge in [0.25, 0.3) is 0 Å². The van der Waals surface area contributed by atoms with Crippen LogP contribution in [0.5, 0.6) is 5.75 Å².